The molecule has 4 rings (SSSR count). The van der Waals surface area contributed by atoms with Gasteiger partial charge in [0.2, 0.25) is 0 Å². The van der Waals surface area contributed by atoms with Gasteiger partial charge in [0.25, 0.3) is 0 Å². The van der Waals surface area contributed by atoms with Crippen LogP contribution in [-0.2, 0) is 14.0 Å². The molecule has 4 atom stereocenters. The van der Waals surface area contributed by atoms with Gasteiger partial charge < -0.3 is 14.0 Å². The summed E-state index contributed by atoms with van der Waals surface area (Å²) in [5.74, 6) is 1.41. The molecule has 4 aliphatic rings. The van der Waals surface area contributed by atoms with E-state index < -0.39 is 7.32 Å². The summed E-state index contributed by atoms with van der Waals surface area (Å²) in [6.45, 7) is 11.0. The molecule has 1 saturated heterocycles. The second-order valence-corrected chi connectivity index (χ2v) is 6.94. The first-order chi connectivity index (χ1) is 7.84. The van der Waals surface area contributed by atoms with Gasteiger partial charge in [0.1, 0.15) is 0 Å². The first kappa shape index (κ1) is 12.0. The van der Waals surface area contributed by atoms with Gasteiger partial charge in [0.15, 0.2) is 0 Å². The Bertz CT molecular complexity index is 331. The van der Waals surface area contributed by atoms with Crippen molar-refractivity contribution < 1.29 is 14.0 Å². The Labute approximate surface area is 104 Å². The standard InChI is InChI=1S/C13H23BO3/c1-8(2)15-14-16-11-7-9-6-10(12(9,3)4)13(11,5)17-14/h8-11H,6-7H2,1-5H3/t9?,10?,11?,13-/m0/s1. The summed E-state index contributed by atoms with van der Waals surface area (Å²) in [7, 11) is -0.458. The lowest BCUT2D eigenvalue weighted by atomic mass is 9.43. The molecule has 1 aliphatic heterocycles. The molecule has 0 spiro atoms. The van der Waals surface area contributed by atoms with Crippen LogP contribution in [0.3, 0.4) is 0 Å². The van der Waals surface area contributed by atoms with E-state index >= 15 is 0 Å². The molecule has 0 aromatic carbocycles. The number of hydrogen-bond acceptors (Lipinski definition) is 3. The van der Waals surface area contributed by atoms with Crippen molar-refractivity contribution in [3.8, 4) is 0 Å². The Morgan fingerprint density at radius 1 is 1.24 bits per heavy atom. The third-order valence-electron chi connectivity index (χ3n) is 5.31. The summed E-state index contributed by atoms with van der Waals surface area (Å²) in [4.78, 5) is 0. The lowest BCUT2D eigenvalue weighted by Gasteiger charge is -2.64. The van der Waals surface area contributed by atoms with E-state index in [1.54, 1.807) is 0 Å². The van der Waals surface area contributed by atoms with E-state index in [1.807, 2.05) is 13.8 Å². The van der Waals surface area contributed by atoms with Gasteiger partial charge in [-0.2, -0.15) is 0 Å². The molecule has 2 bridgehead atoms. The summed E-state index contributed by atoms with van der Waals surface area (Å²) in [5.41, 5.74) is 0.263. The van der Waals surface area contributed by atoms with Gasteiger partial charge in [-0.3, -0.25) is 0 Å². The van der Waals surface area contributed by atoms with Crippen LogP contribution in [0.25, 0.3) is 0 Å². The molecule has 4 fully saturated rings. The fraction of sp³-hybridized carbons (Fsp3) is 1.00. The van der Waals surface area contributed by atoms with Crippen molar-refractivity contribution >= 4 is 7.32 Å². The van der Waals surface area contributed by atoms with Crippen LogP contribution in [0.1, 0.15) is 47.5 Å². The van der Waals surface area contributed by atoms with Gasteiger partial charge in [0.05, 0.1) is 11.7 Å². The van der Waals surface area contributed by atoms with Crippen LogP contribution in [0, 0.1) is 17.3 Å². The molecule has 0 amide bonds. The summed E-state index contributed by atoms with van der Waals surface area (Å²) < 4.78 is 17.7. The van der Waals surface area contributed by atoms with Gasteiger partial charge in [-0.15, -0.1) is 0 Å². The smallest absolute Gasteiger partial charge is 0.384 e. The van der Waals surface area contributed by atoms with E-state index in [1.165, 1.54) is 6.42 Å². The van der Waals surface area contributed by atoms with E-state index in [-0.39, 0.29) is 17.8 Å². The molecule has 17 heavy (non-hydrogen) atoms. The Morgan fingerprint density at radius 2 is 1.94 bits per heavy atom. The van der Waals surface area contributed by atoms with E-state index in [9.17, 15) is 0 Å². The summed E-state index contributed by atoms with van der Waals surface area (Å²) in [6, 6.07) is 0. The monoisotopic (exact) mass is 238 g/mol. The zero-order valence-electron chi connectivity index (χ0n) is 11.5. The van der Waals surface area contributed by atoms with Crippen molar-refractivity contribution in [2.75, 3.05) is 0 Å². The maximum absolute atomic E-state index is 6.11. The van der Waals surface area contributed by atoms with E-state index in [4.69, 9.17) is 14.0 Å². The lowest BCUT2D eigenvalue weighted by Crippen LogP contribution is -2.65. The van der Waals surface area contributed by atoms with Crippen molar-refractivity contribution in [3.05, 3.63) is 0 Å². The van der Waals surface area contributed by atoms with E-state index in [2.05, 4.69) is 20.8 Å². The predicted molar refractivity (Wildman–Crippen MR) is 66.3 cm³/mol. The average Bonchev–Trinajstić information content (AvgIpc) is 2.51. The van der Waals surface area contributed by atoms with Crippen LogP contribution in [0.4, 0.5) is 0 Å². The maximum atomic E-state index is 6.11. The molecule has 3 aliphatic carbocycles. The molecular formula is C13H23BO3. The zero-order valence-corrected chi connectivity index (χ0v) is 11.5. The third-order valence-corrected chi connectivity index (χ3v) is 5.31. The van der Waals surface area contributed by atoms with Crippen LogP contribution in [0.2, 0.25) is 0 Å². The lowest BCUT2D eigenvalue weighted by molar-refractivity contribution is -0.200. The van der Waals surface area contributed by atoms with Crippen molar-refractivity contribution in [2.24, 2.45) is 17.3 Å². The Balaban J connectivity index is 1.78. The van der Waals surface area contributed by atoms with Crippen LogP contribution in [0.15, 0.2) is 0 Å². The normalized spacial score (nSPS) is 46.9. The Hall–Kier alpha value is -0.0551. The van der Waals surface area contributed by atoms with Crippen LogP contribution in [0.5, 0.6) is 0 Å². The highest BCUT2D eigenvalue weighted by molar-refractivity contribution is 6.37. The minimum Gasteiger partial charge on any atom is -0.384 e. The van der Waals surface area contributed by atoms with Crippen molar-refractivity contribution in [1.82, 2.24) is 0 Å². The Kier molecular flexibility index (Phi) is 2.46. The molecule has 1 heterocycles. The van der Waals surface area contributed by atoms with Gasteiger partial charge in [-0.25, -0.2) is 0 Å². The van der Waals surface area contributed by atoms with Gasteiger partial charge in [0, 0.05) is 6.10 Å². The molecule has 3 saturated carbocycles. The van der Waals surface area contributed by atoms with Gasteiger partial charge in [-0.1, -0.05) is 13.8 Å². The largest absolute Gasteiger partial charge is 0.640 e. The fourth-order valence-corrected chi connectivity index (χ4v) is 4.11. The first-order valence-corrected chi connectivity index (χ1v) is 6.83. The molecule has 0 aromatic rings. The molecule has 0 N–H and O–H groups in total. The molecule has 4 heteroatoms. The number of hydrogen-bond donors (Lipinski definition) is 0. The first-order valence-electron chi connectivity index (χ1n) is 6.83. The molecule has 0 radical (unpaired) electrons. The fourth-order valence-electron chi connectivity index (χ4n) is 4.11. The number of rotatable bonds is 2. The molecule has 3 unspecified atom stereocenters. The van der Waals surface area contributed by atoms with Crippen LogP contribution in [-0.4, -0.2) is 25.1 Å². The minimum absolute atomic E-state index is 0.141. The van der Waals surface area contributed by atoms with Gasteiger partial charge >= 0.3 is 7.32 Å². The van der Waals surface area contributed by atoms with E-state index in [0.717, 1.165) is 12.3 Å². The van der Waals surface area contributed by atoms with Gasteiger partial charge in [-0.05, 0) is 50.9 Å². The second kappa shape index (κ2) is 3.49. The highest BCUT2D eigenvalue weighted by atomic mass is 16.8. The van der Waals surface area contributed by atoms with Crippen LogP contribution >= 0.6 is 0 Å². The van der Waals surface area contributed by atoms with Crippen LogP contribution < -0.4 is 0 Å². The second-order valence-electron chi connectivity index (χ2n) is 6.94. The Morgan fingerprint density at radius 3 is 2.53 bits per heavy atom. The maximum Gasteiger partial charge on any atom is 0.640 e. The minimum atomic E-state index is -0.458. The highest BCUT2D eigenvalue weighted by Crippen LogP contribution is 2.65. The summed E-state index contributed by atoms with van der Waals surface area (Å²) >= 11 is 0. The topological polar surface area (TPSA) is 27.7 Å². The summed E-state index contributed by atoms with van der Waals surface area (Å²) in [6.07, 6.45) is 2.78. The molecule has 0 aromatic heterocycles. The average molecular weight is 238 g/mol. The predicted octanol–water partition coefficient (Wildman–Crippen LogP) is 2.64. The highest BCUT2D eigenvalue weighted by Gasteiger charge is 2.68. The molecular weight excluding hydrogens is 215 g/mol. The third kappa shape index (κ3) is 1.53. The summed E-state index contributed by atoms with van der Waals surface area (Å²) in [5, 5.41) is 0. The van der Waals surface area contributed by atoms with Crippen molar-refractivity contribution in [2.45, 2.75) is 65.3 Å². The zero-order chi connectivity index (χ0) is 12.4. The van der Waals surface area contributed by atoms with E-state index in [0.29, 0.717) is 11.3 Å². The SMILES string of the molecule is CC(C)OB1OC2CC3CC(C3(C)C)[C@]2(C)O1. The molecule has 3 nitrogen and oxygen atoms in total. The van der Waals surface area contributed by atoms with Crippen molar-refractivity contribution in [3.63, 3.8) is 0 Å². The molecule has 96 valence electrons. The quantitative estimate of drug-likeness (QED) is 0.692. The van der Waals surface area contributed by atoms with Crippen molar-refractivity contribution in [1.29, 1.82) is 0 Å².